The van der Waals surface area contributed by atoms with Crippen molar-refractivity contribution in [3.05, 3.63) is 182 Å². The quantitative estimate of drug-likeness (QED) is 0.226. The van der Waals surface area contributed by atoms with Crippen LogP contribution in [0.15, 0.2) is 182 Å². The summed E-state index contributed by atoms with van der Waals surface area (Å²) in [5, 5.41) is 8.55. The second kappa shape index (κ2) is 14.1. The van der Waals surface area contributed by atoms with Crippen molar-refractivity contribution >= 4 is 46.4 Å². The number of benzene rings is 6. The first-order chi connectivity index (χ1) is 19.3. The van der Waals surface area contributed by atoms with E-state index in [2.05, 4.69) is 182 Å². The van der Waals surface area contributed by atoms with E-state index in [1.54, 1.807) is 0 Å². The van der Waals surface area contributed by atoms with Crippen LogP contribution in [0.1, 0.15) is 0 Å². The molecule has 6 rings (SSSR count). The molecule has 0 fully saturated rings. The van der Waals surface area contributed by atoms with E-state index in [9.17, 15) is 0 Å². The zero-order valence-electron chi connectivity index (χ0n) is 22.7. The molecule has 0 saturated heterocycles. The zero-order valence-corrected chi connectivity index (χ0v) is 26.0. The fraction of sp³-hybridized carbons (Fsp3) is 0.0270. The Bertz CT molecular complexity index is 1280. The summed E-state index contributed by atoms with van der Waals surface area (Å²) >= 11 is 0. The van der Waals surface area contributed by atoms with Crippen LogP contribution in [-0.4, -0.2) is 5.90 Å². The standard InChI is InChI=1S/C37H32P2.2ClH/c1-7-19-32(20-8-1)38(33-21-9-2-10-22-33,34-23-11-3-12-24-34)31-39(35-25-13-4-14-26-35,36-27-15-5-16-28-36)37-29-17-6-18-30-37;;/h1-30H,31H2;2*1H/q+2;;/p-2. The maximum Gasteiger partial charge on any atom is 0.188 e. The largest absolute Gasteiger partial charge is 1.00 e. The van der Waals surface area contributed by atoms with Gasteiger partial charge in [-0.1, -0.05) is 109 Å². The van der Waals surface area contributed by atoms with Crippen molar-refractivity contribution in [2.24, 2.45) is 0 Å². The summed E-state index contributed by atoms with van der Waals surface area (Å²) in [6.45, 7) is 0. The number of hydrogen-bond acceptors (Lipinski definition) is 0. The molecule has 0 nitrogen and oxygen atoms in total. The third kappa shape index (κ3) is 5.90. The second-order valence-electron chi connectivity index (χ2n) is 9.77. The molecule has 0 bridgehead atoms. The van der Waals surface area contributed by atoms with E-state index < -0.39 is 14.5 Å². The van der Waals surface area contributed by atoms with Gasteiger partial charge in [-0.15, -0.1) is 0 Å². The van der Waals surface area contributed by atoms with Crippen LogP contribution in [0.2, 0.25) is 0 Å². The van der Waals surface area contributed by atoms with Crippen molar-refractivity contribution in [2.75, 3.05) is 5.90 Å². The Kier molecular flexibility index (Phi) is 10.6. The van der Waals surface area contributed by atoms with Crippen LogP contribution in [0.5, 0.6) is 0 Å². The van der Waals surface area contributed by atoms with E-state index in [0.29, 0.717) is 0 Å². The Hall–Kier alpha value is -3.24. The maximum absolute atomic E-state index is 2.36. The van der Waals surface area contributed by atoms with Gasteiger partial charge in [0.2, 0.25) is 0 Å². The van der Waals surface area contributed by atoms with E-state index in [1.807, 2.05) is 0 Å². The van der Waals surface area contributed by atoms with Gasteiger partial charge in [0.25, 0.3) is 0 Å². The van der Waals surface area contributed by atoms with E-state index in [4.69, 9.17) is 0 Å². The second-order valence-corrected chi connectivity index (χ2v) is 17.2. The summed E-state index contributed by atoms with van der Waals surface area (Å²) < 4.78 is 0. The molecule has 0 unspecified atom stereocenters. The van der Waals surface area contributed by atoms with E-state index in [-0.39, 0.29) is 24.8 Å². The van der Waals surface area contributed by atoms with Gasteiger partial charge in [-0.3, -0.25) is 0 Å². The monoisotopic (exact) mass is 608 g/mol. The summed E-state index contributed by atoms with van der Waals surface area (Å²) in [5.74, 6) is 1.04. The lowest BCUT2D eigenvalue weighted by molar-refractivity contribution is -0.00100. The van der Waals surface area contributed by atoms with Gasteiger partial charge in [0.1, 0.15) is 31.8 Å². The van der Waals surface area contributed by atoms with Gasteiger partial charge in [0.15, 0.2) is 20.4 Å². The van der Waals surface area contributed by atoms with E-state index >= 15 is 0 Å². The van der Waals surface area contributed by atoms with Crippen molar-refractivity contribution in [3.8, 4) is 0 Å². The predicted octanol–water partition coefficient (Wildman–Crippen LogP) is 0.940. The SMILES string of the molecule is [Cl-].[Cl-].c1ccc([P+](C[P+](c2ccccc2)(c2ccccc2)c2ccccc2)(c2ccccc2)c2ccccc2)cc1. The topological polar surface area (TPSA) is 0 Å². The Morgan fingerprint density at radius 3 is 0.537 bits per heavy atom. The molecule has 4 heteroatoms. The lowest BCUT2D eigenvalue weighted by Gasteiger charge is -2.34. The van der Waals surface area contributed by atoms with Crippen LogP contribution in [0, 0.1) is 0 Å². The summed E-state index contributed by atoms with van der Waals surface area (Å²) in [4.78, 5) is 0. The fourth-order valence-corrected chi connectivity index (χ4v) is 18.1. The minimum Gasteiger partial charge on any atom is -1.00 e. The predicted molar refractivity (Wildman–Crippen MR) is 175 cm³/mol. The van der Waals surface area contributed by atoms with Crippen LogP contribution < -0.4 is 56.6 Å². The maximum atomic E-state index is 2.36. The third-order valence-corrected chi connectivity index (χ3v) is 18.1. The fourth-order valence-electron chi connectivity index (χ4n) is 5.80. The van der Waals surface area contributed by atoms with Crippen molar-refractivity contribution in [1.29, 1.82) is 0 Å². The minimum atomic E-state index is -2.12. The van der Waals surface area contributed by atoms with E-state index in [1.165, 1.54) is 31.8 Å². The highest BCUT2D eigenvalue weighted by molar-refractivity contribution is 8.10. The summed E-state index contributed by atoms with van der Waals surface area (Å²) in [7, 11) is -4.24. The molecule has 0 aliphatic heterocycles. The molecule has 0 radical (unpaired) electrons. The molecule has 0 atom stereocenters. The number of hydrogen-bond donors (Lipinski definition) is 0. The van der Waals surface area contributed by atoms with Crippen LogP contribution >= 0.6 is 14.5 Å². The van der Waals surface area contributed by atoms with Crippen molar-refractivity contribution in [1.82, 2.24) is 0 Å². The average molecular weight is 610 g/mol. The van der Waals surface area contributed by atoms with Crippen molar-refractivity contribution in [3.63, 3.8) is 0 Å². The summed E-state index contributed by atoms with van der Waals surface area (Å²) in [5.41, 5.74) is 0. The van der Waals surface area contributed by atoms with Gasteiger partial charge in [0.05, 0.1) is 0 Å². The van der Waals surface area contributed by atoms with E-state index in [0.717, 1.165) is 5.90 Å². The molecular weight excluding hydrogens is 577 g/mol. The minimum absolute atomic E-state index is 0. The molecule has 41 heavy (non-hydrogen) atoms. The average Bonchev–Trinajstić information content (AvgIpc) is 3.04. The molecule has 0 spiro atoms. The highest BCUT2D eigenvalue weighted by Gasteiger charge is 2.59. The van der Waals surface area contributed by atoms with Crippen LogP contribution in [-0.2, 0) is 0 Å². The lowest BCUT2D eigenvalue weighted by atomic mass is 10.4. The highest BCUT2D eigenvalue weighted by atomic mass is 35.5. The third-order valence-electron chi connectivity index (χ3n) is 7.61. The normalized spacial score (nSPS) is 11.1. The van der Waals surface area contributed by atoms with Gasteiger partial charge in [-0.05, 0) is 72.8 Å². The first kappa shape index (κ1) is 30.7. The summed E-state index contributed by atoms with van der Waals surface area (Å²) in [6.07, 6.45) is 0. The van der Waals surface area contributed by atoms with Crippen LogP contribution in [0.3, 0.4) is 0 Å². The van der Waals surface area contributed by atoms with Gasteiger partial charge < -0.3 is 24.8 Å². The first-order valence-corrected chi connectivity index (χ1v) is 17.4. The van der Waals surface area contributed by atoms with Crippen molar-refractivity contribution < 1.29 is 24.8 Å². The van der Waals surface area contributed by atoms with Crippen molar-refractivity contribution in [2.45, 2.75) is 0 Å². The molecule has 6 aromatic rings. The molecule has 0 N–H and O–H groups in total. The lowest BCUT2D eigenvalue weighted by Crippen LogP contribution is -3.00. The molecular formula is C37H32Cl2P2. The van der Waals surface area contributed by atoms with Crippen LogP contribution in [0.25, 0.3) is 0 Å². The first-order valence-electron chi connectivity index (χ1n) is 13.4. The molecule has 0 aliphatic carbocycles. The Labute approximate surface area is 258 Å². The molecule has 204 valence electrons. The molecule has 0 saturated carbocycles. The Balaban J connectivity index is 0.00000194. The van der Waals surface area contributed by atoms with Gasteiger partial charge in [0, 0.05) is 0 Å². The number of rotatable bonds is 8. The molecule has 0 heterocycles. The van der Waals surface area contributed by atoms with Crippen LogP contribution in [0.4, 0.5) is 0 Å². The molecule has 0 amide bonds. The number of halogens is 2. The van der Waals surface area contributed by atoms with Gasteiger partial charge in [-0.2, -0.15) is 0 Å². The molecule has 0 aromatic heterocycles. The summed E-state index contributed by atoms with van der Waals surface area (Å²) in [6, 6.07) is 67.8. The molecule has 6 aromatic carbocycles. The molecule has 0 aliphatic rings. The van der Waals surface area contributed by atoms with Gasteiger partial charge in [-0.25, -0.2) is 0 Å². The highest BCUT2D eigenvalue weighted by Crippen LogP contribution is 2.70. The zero-order chi connectivity index (χ0) is 26.4. The Morgan fingerprint density at radius 2 is 0.390 bits per heavy atom. The van der Waals surface area contributed by atoms with Gasteiger partial charge >= 0.3 is 0 Å². The smallest absolute Gasteiger partial charge is 0.188 e. The Morgan fingerprint density at radius 1 is 0.244 bits per heavy atom.